The fourth-order valence-electron chi connectivity index (χ4n) is 5.79. The van der Waals surface area contributed by atoms with E-state index in [9.17, 15) is 19.5 Å². The number of ether oxygens (including phenoxy) is 4. The number of piperazine rings is 1. The third-order valence-corrected chi connectivity index (χ3v) is 8.08. The fraction of sp³-hybridized carbons (Fsp3) is 0.562. The molecule has 0 aliphatic carbocycles. The van der Waals surface area contributed by atoms with Gasteiger partial charge in [-0.25, -0.2) is 19.0 Å². The molecular formula is C32H40ClFN4O8. The van der Waals surface area contributed by atoms with Crippen molar-refractivity contribution in [2.24, 2.45) is 0 Å². The quantitative estimate of drug-likeness (QED) is 0.343. The molecule has 3 atom stereocenters. The first kappa shape index (κ1) is 33.5. The van der Waals surface area contributed by atoms with E-state index in [1.807, 2.05) is 6.92 Å². The van der Waals surface area contributed by atoms with Gasteiger partial charge in [-0.15, -0.1) is 0 Å². The molecule has 1 aromatic carbocycles. The van der Waals surface area contributed by atoms with Gasteiger partial charge in [-0.3, -0.25) is 4.79 Å². The summed E-state index contributed by atoms with van der Waals surface area (Å²) in [6.07, 6.45) is -1.84. The average molecular weight is 663 g/mol. The van der Waals surface area contributed by atoms with E-state index in [1.165, 1.54) is 23.1 Å². The Bertz CT molecular complexity index is 1540. The van der Waals surface area contributed by atoms with Gasteiger partial charge in [-0.2, -0.15) is 0 Å². The van der Waals surface area contributed by atoms with Gasteiger partial charge < -0.3 is 38.8 Å². The van der Waals surface area contributed by atoms with Crippen LogP contribution in [-0.2, 0) is 9.47 Å². The lowest BCUT2D eigenvalue weighted by Gasteiger charge is -2.40. The number of fused-ring (bicyclic) bond motifs is 2. The number of β-amino-alcohol motifs (C(OH)–C–C–N with tert-alkyl or cyclic N) is 1. The molecule has 46 heavy (non-hydrogen) atoms. The Morgan fingerprint density at radius 1 is 1.04 bits per heavy atom. The summed E-state index contributed by atoms with van der Waals surface area (Å²) >= 11 is 6.93. The minimum Gasteiger partial charge on any atom is -0.489 e. The molecule has 4 heterocycles. The summed E-state index contributed by atoms with van der Waals surface area (Å²) in [6.45, 7) is 12.9. The summed E-state index contributed by atoms with van der Waals surface area (Å²) in [5.41, 5.74) is -1.86. The number of hydrogen-bond donors (Lipinski definition) is 1. The molecule has 0 saturated carbocycles. The van der Waals surface area contributed by atoms with Crippen molar-refractivity contribution in [3.63, 3.8) is 0 Å². The SMILES string of the molecule is C[C@H]1C[C@@H](O)CN1c1nc(-c2c(F)cccc2OC(=O)OC(C)(C)C)c(Cl)c2c1C(=O)N1CCN(C(=O)OC(C)(C)C)CC1CO2. The molecular weight excluding hydrogens is 623 g/mol. The molecule has 0 radical (unpaired) electrons. The monoisotopic (exact) mass is 662 g/mol. The predicted molar refractivity (Wildman–Crippen MR) is 167 cm³/mol. The van der Waals surface area contributed by atoms with Crippen LogP contribution in [0.3, 0.4) is 0 Å². The summed E-state index contributed by atoms with van der Waals surface area (Å²) in [6, 6.07) is 3.12. The lowest BCUT2D eigenvalue weighted by Crippen LogP contribution is -2.58. The zero-order valence-corrected chi connectivity index (χ0v) is 27.8. The van der Waals surface area contributed by atoms with Crippen LogP contribution < -0.4 is 14.4 Å². The summed E-state index contributed by atoms with van der Waals surface area (Å²) in [5, 5.41) is 10.4. The third kappa shape index (κ3) is 6.95. The predicted octanol–water partition coefficient (Wildman–Crippen LogP) is 5.27. The number of carbonyl (C=O) groups excluding carboxylic acids is 3. The van der Waals surface area contributed by atoms with Gasteiger partial charge in [-0.05, 0) is 67.0 Å². The van der Waals surface area contributed by atoms with E-state index in [4.69, 9.17) is 35.5 Å². The van der Waals surface area contributed by atoms with Gasteiger partial charge in [0.15, 0.2) is 5.75 Å². The topological polar surface area (TPSA) is 131 Å². The number of rotatable bonds is 3. The molecule has 1 unspecified atom stereocenters. The number of amides is 2. The molecule has 250 valence electrons. The molecule has 0 spiro atoms. The molecule has 5 rings (SSSR count). The first-order valence-corrected chi connectivity index (χ1v) is 15.6. The zero-order valence-electron chi connectivity index (χ0n) is 27.1. The second-order valence-corrected chi connectivity index (χ2v) is 14.1. The molecule has 1 aromatic heterocycles. The highest BCUT2D eigenvalue weighted by Gasteiger charge is 2.43. The number of aliphatic hydroxyl groups is 1. The minimum absolute atomic E-state index is 0.0232. The van der Waals surface area contributed by atoms with E-state index in [1.54, 1.807) is 51.3 Å². The smallest absolute Gasteiger partial charge is 0.489 e. The van der Waals surface area contributed by atoms with Crippen LogP contribution in [-0.4, -0.2) is 100 Å². The van der Waals surface area contributed by atoms with Crippen LogP contribution in [0.15, 0.2) is 18.2 Å². The van der Waals surface area contributed by atoms with Gasteiger partial charge in [0.2, 0.25) is 0 Å². The Hall–Kier alpha value is -3.84. The number of benzene rings is 1. The maximum Gasteiger partial charge on any atom is 0.514 e. The molecule has 1 N–H and O–H groups in total. The highest BCUT2D eigenvalue weighted by molar-refractivity contribution is 6.35. The van der Waals surface area contributed by atoms with Crippen LogP contribution in [0.2, 0.25) is 5.02 Å². The van der Waals surface area contributed by atoms with Gasteiger partial charge in [0.1, 0.15) is 51.5 Å². The Morgan fingerprint density at radius 2 is 1.74 bits per heavy atom. The van der Waals surface area contributed by atoms with Crippen molar-refractivity contribution in [2.45, 2.75) is 84.3 Å². The molecule has 3 aliphatic rings. The summed E-state index contributed by atoms with van der Waals surface area (Å²) in [4.78, 5) is 49.4. The van der Waals surface area contributed by atoms with E-state index >= 15 is 4.39 Å². The van der Waals surface area contributed by atoms with Gasteiger partial charge in [-0.1, -0.05) is 17.7 Å². The Labute approximate surface area is 272 Å². The van der Waals surface area contributed by atoms with Crippen molar-refractivity contribution in [2.75, 3.05) is 37.7 Å². The lowest BCUT2D eigenvalue weighted by molar-refractivity contribution is 0.000935. The molecule has 2 saturated heterocycles. The number of carbonyl (C=O) groups is 3. The Kier molecular flexibility index (Phi) is 9.04. The molecule has 12 nitrogen and oxygen atoms in total. The number of aliphatic hydroxyl groups excluding tert-OH is 1. The highest BCUT2D eigenvalue weighted by Crippen LogP contribution is 2.47. The van der Waals surface area contributed by atoms with Crippen molar-refractivity contribution in [3.8, 4) is 22.8 Å². The molecule has 3 aliphatic heterocycles. The van der Waals surface area contributed by atoms with Crippen molar-refractivity contribution in [1.82, 2.24) is 14.8 Å². The lowest BCUT2D eigenvalue weighted by atomic mass is 10.0. The van der Waals surface area contributed by atoms with E-state index < -0.39 is 47.3 Å². The number of aromatic nitrogens is 1. The van der Waals surface area contributed by atoms with Gasteiger partial charge in [0.25, 0.3) is 5.91 Å². The number of nitrogens with zero attached hydrogens (tertiary/aromatic N) is 4. The maximum atomic E-state index is 15.7. The standard InChI is InChI=1S/C32H40ClFN4O8/c1-17-13-19(39)15-38(17)27-23-26(43-16-18-14-36(11-12-37(18)28(23)40)29(41)45-31(2,3)4)24(33)25(35-27)22-20(34)9-8-10-21(22)44-30(42)46-32(5,6)7/h8-10,17-19,39H,11-16H2,1-7H3/t17-,18?,19+/m0/s1. The molecule has 2 aromatic rings. The Balaban J connectivity index is 1.60. The number of anilines is 1. The first-order chi connectivity index (χ1) is 21.4. The largest absolute Gasteiger partial charge is 0.514 e. The molecule has 14 heteroatoms. The van der Waals surface area contributed by atoms with Crippen molar-refractivity contribution < 1.29 is 42.8 Å². The first-order valence-electron chi connectivity index (χ1n) is 15.2. The van der Waals surface area contributed by atoms with E-state index in [2.05, 4.69) is 0 Å². The van der Waals surface area contributed by atoms with E-state index in [-0.39, 0.29) is 78.0 Å². The number of halogens is 2. The molecule has 2 amide bonds. The van der Waals surface area contributed by atoms with Crippen LogP contribution >= 0.6 is 11.6 Å². The second-order valence-electron chi connectivity index (χ2n) is 13.8. The van der Waals surface area contributed by atoms with Crippen LogP contribution in [0.4, 0.5) is 19.8 Å². The van der Waals surface area contributed by atoms with Crippen LogP contribution in [0.5, 0.6) is 11.5 Å². The van der Waals surface area contributed by atoms with Crippen LogP contribution in [0.25, 0.3) is 11.3 Å². The fourth-order valence-corrected chi connectivity index (χ4v) is 6.08. The normalized spacial score (nSPS) is 21.7. The molecule has 2 fully saturated rings. The zero-order chi connectivity index (χ0) is 33.7. The maximum absolute atomic E-state index is 15.7. The van der Waals surface area contributed by atoms with E-state index in [0.717, 1.165) is 0 Å². The van der Waals surface area contributed by atoms with Crippen LogP contribution in [0.1, 0.15) is 65.2 Å². The number of pyridine rings is 1. The van der Waals surface area contributed by atoms with Crippen molar-refractivity contribution in [3.05, 3.63) is 34.6 Å². The molecule has 0 bridgehead atoms. The summed E-state index contributed by atoms with van der Waals surface area (Å²) < 4.78 is 38.2. The Morgan fingerprint density at radius 3 is 2.37 bits per heavy atom. The van der Waals surface area contributed by atoms with Gasteiger partial charge >= 0.3 is 12.2 Å². The number of hydrogen-bond acceptors (Lipinski definition) is 10. The van der Waals surface area contributed by atoms with Gasteiger partial charge in [0.05, 0.1) is 17.7 Å². The van der Waals surface area contributed by atoms with Crippen molar-refractivity contribution >= 4 is 35.6 Å². The van der Waals surface area contributed by atoms with Crippen molar-refractivity contribution in [1.29, 1.82) is 0 Å². The average Bonchev–Trinajstić information content (AvgIpc) is 3.19. The highest BCUT2D eigenvalue weighted by atomic mass is 35.5. The third-order valence-electron chi connectivity index (χ3n) is 7.72. The summed E-state index contributed by atoms with van der Waals surface area (Å²) in [5.74, 6) is -1.30. The van der Waals surface area contributed by atoms with Gasteiger partial charge in [0, 0.05) is 32.2 Å². The van der Waals surface area contributed by atoms with Crippen LogP contribution in [0, 0.1) is 5.82 Å². The summed E-state index contributed by atoms with van der Waals surface area (Å²) in [7, 11) is 0. The minimum atomic E-state index is -1.06. The second kappa shape index (κ2) is 12.4. The van der Waals surface area contributed by atoms with E-state index in [0.29, 0.717) is 6.42 Å².